The van der Waals surface area contributed by atoms with Gasteiger partial charge in [0.2, 0.25) is 0 Å². The molecule has 190 valence electrons. The molecule has 2 N–H and O–H groups in total. The Morgan fingerprint density at radius 1 is 1.03 bits per heavy atom. The number of nitrogens with two attached hydrogens (primary N) is 1. The molecule has 5 rings (SSSR count). The molecule has 1 aliphatic rings. The number of Topliss-reactive ketones (excluding diaryl/α,β-unsaturated/α-hetero) is 1. The lowest BCUT2D eigenvalue weighted by Crippen LogP contribution is -2.21. The quantitative estimate of drug-likeness (QED) is 0.266. The van der Waals surface area contributed by atoms with E-state index in [0.717, 1.165) is 53.8 Å². The first kappa shape index (κ1) is 24.6. The molecule has 3 aromatic heterocycles. The standard InChI is InChI=1S/C29H31N5O3/c1-3-37-25(36)15-19-9-11-21(12-10-19)27-26(18(2)35)28(30)34-29(33-27)23(17-32-34)22-13-14-24(31-16-22)20-7-5-4-6-8-20/h4-8,13-14,16-17,19,21H,3,9-12,15,30H2,1-2H3. The van der Waals surface area contributed by atoms with Crippen LogP contribution in [0.15, 0.2) is 54.9 Å². The van der Waals surface area contributed by atoms with Gasteiger partial charge in [-0.1, -0.05) is 36.4 Å². The number of nitrogen functional groups attached to an aromatic ring is 1. The molecule has 0 spiro atoms. The number of benzene rings is 1. The second-order valence-corrected chi connectivity index (χ2v) is 9.63. The van der Waals surface area contributed by atoms with Crippen molar-refractivity contribution in [3.8, 4) is 22.4 Å². The third-order valence-corrected chi connectivity index (χ3v) is 7.20. The fourth-order valence-electron chi connectivity index (χ4n) is 5.32. The van der Waals surface area contributed by atoms with E-state index in [9.17, 15) is 9.59 Å². The number of fused-ring (bicyclic) bond motifs is 1. The first-order valence-electron chi connectivity index (χ1n) is 12.8. The summed E-state index contributed by atoms with van der Waals surface area (Å²) in [6.07, 6.45) is 7.41. The minimum Gasteiger partial charge on any atom is -0.466 e. The zero-order valence-corrected chi connectivity index (χ0v) is 21.2. The molecule has 8 nitrogen and oxygen atoms in total. The van der Waals surface area contributed by atoms with Gasteiger partial charge in [0.15, 0.2) is 11.4 Å². The van der Waals surface area contributed by atoms with Crippen LogP contribution in [-0.2, 0) is 9.53 Å². The summed E-state index contributed by atoms with van der Waals surface area (Å²) in [5, 5.41) is 4.46. The number of ether oxygens (including phenoxy) is 1. The maximum absolute atomic E-state index is 12.7. The summed E-state index contributed by atoms with van der Waals surface area (Å²) in [7, 11) is 0. The Balaban J connectivity index is 1.47. The molecular formula is C29H31N5O3. The maximum Gasteiger partial charge on any atom is 0.306 e. The lowest BCUT2D eigenvalue weighted by molar-refractivity contribution is -0.144. The van der Waals surface area contributed by atoms with E-state index < -0.39 is 0 Å². The van der Waals surface area contributed by atoms with Crippen LogP contribution in [0, 0.1) is 5.92 Å². The van der Waals surface area contributed by atoms with Crippen LogP contribution in [0.3, 0.4) is 0 Å². The largest absolute Gasteiger partial charge is 0.466 e. The molecule has 3 heterocycles. The number of carbonyl (C=O) groups excluding carboxylic acids is 2. The average molecular weight is 498 g/mol. The summed E-state index contributed by atoms with van der Waals surface area (Å²) in [5.41, 5.74) is 11.9. The summed E-state index contributed by atoms with van der Waals surface area (Å²) in [5.74, 6) is 0.417. The number of carbonyl (C=O) groups is 2. The Morgan fingerprint density at radius 2 is 1.78 bits per heavy atom. The highest BCUT2D eigenvalue weighted by atomic mass is 16.5. The van der Waals surface area contributed by atoms with Crippen molar-refractivity contribution in [3.05, 3.63) is 66.1 Å². The van der Waals surface area contributed by atoms with Gasteiger partial charge in [-0.05, 0) is 51.5 Å². The van der Waals surface area contributed by atoms with Crippen LogP contribution in [0.4, 0.5) is 5.82 Å². The minimum atomic E-state index is -0.144. The van der Waals surface area contributed by atoms with Gasteiger partial charge in [0.05, 0.1) is 29.8 Å². The van der Waals surface area contributed by atoms with Gasteiger partial charge < -0.3 is 10.5 Å². The van der Waals surface area contributed by atoms with Crippen molar-refractivity contribution in [2.75, 3.05) is 12.3 Å². The Bertz CT molecular complexity index is 1420. The molecule has 0 radical (unpaired) electrons. The third kappa shape index (κ3) is 4.96. The molecule has 0 bridgehead atoms. The molecule has 0 saturated heterocycles. The van der Waals surface area contributed by atoms with Crippen LogP contribution in [0.25, 0.3) is 28.0 Å². The van der Waals surface area contributed by atoms with Gasteiger partial charge in [0.1, 0.15) is 5.82 Å². The number of esters is 1. The molecular weight excluding hydrogens is 466 g/mol. The summed E-state index contributed by atoms with van der Waals surface area (Å²) in [6, 6.07) is 14.0. The summed E-state index contributed by atoms with van der Waals surface area (Å²) in [6.45, 7) is 3.74. The predicted octanol–water partition coefficient (Wildman–Crippen LogP) is 5.47. The second-order valence-electron chi connectivity index (χ2n) is 9.63. The van der Waals surface area contributed by atoms with Crippen LogP contribution in [0.5, 0.6) is 0 Å². The van der Waals surface area contributed by atoms with Crippen molar-refractivity contribution in [1.29, 1.82) is 0 Å². The predicted molar refractivity (Wildman–Crippen MR) is 142 cm³/mol. The molecule has 0 atom stereocenters. The number of hydrogen-bond acceptors (Lipinski definition) is 7. The van der Waals surface area contributed by atoms with Crippen molar-refractivity contribution in [3.63, 3.8) is 0 Å². The van der Waals surface area contributed by atoms with Gasteiger partial charge in [-0.3, -0.25) is 14.6 Å². The molecule has 4 aromatic rings. The second kappa shape index (κ2) is 10.5. The van der Waals surface area contributed by atoms with E-state index in [-0.39, 0.29) is 23.6 Å². The normalized spacial score (nSPS) is 17.6. The van der Waals surface area contributed by atoms with Crippen molar-refractivity contribution in [1.82, 2.24) is 19.6 Å². The zero-order chi connectivity index (χ0) is 25.9. The number of pyridine rings is 1. The van der Waals surface area contributed by atoms with Crippen molar-refractivity contribution < 1.29 is 14.3 Å². The molecule has 1 aliphatic carbocycles. The van der Waals surface area contributed by atoms with Crippen LogP contribution >= 0.6 is 0 Å². The fraction of sp³-hybridized carbons (Fsp3) is 0.345. The molecule has 0 amide bonds. The highest BCUT2D eigenvalue weighted by Crippen LogP contribution is 2.40. The molecule has 0 unspecified atom stereocenters. The van der Waals surface area contributed by atoms with E-state index in [1.54, 1.807) is 10.7 Å². The SMILES string of the molecule is CCOC(=O)CC1CCC(c2nc3c(-c4ccc(-c5ccccc5)nc4)cnn3c(N)c2C(C)=O)CC1. The van der Waals surface area contributed by atoms with E-state index in [2.05, 4.69) is 10.1 Å². The fourth-order valence-corrected chi connectivity index (χ4v) is 5.32. The van der Waals surface area contributed by atoms with Crippen LogP contribution in [-0.4, -0.2) is 37.9 Å². The topological polar surface area (TPSA) is 112 Å². The van der Waals surface area contributed by atoms with E-state index in [0.29, 0.717) is 30.1 Å². The maximum atomic E-state index is 12.7. The number of rotatable bonds is 7. The van der Waals surface area contributed by atoms with Crippen LogP contribution in [0.2, 0.25) is 0 Å². The Labute approximate surface area is 215 Å². The number of ketones is 1. The van der Waals surface area contributed by atoms with E-state index in [4.69, 9.17) is 15.5 Å². The Morgan fingerprint density at radius 3 is 2.43 bits per heavy atom. The Kier molecular flexibility index (Phi) is 6.99. The summed E-state index contributed by atoms with van der Waals surface area (Å²) < 4.78 is 6.67. The van der Waals surface area contributed by atoms with Gasteiger partial charge in [-0.25, -0.2) is 4.98 Å². The molecule has 0 aliphatic heterocycles. The van der Waals surface area contributed by atoms with E-state index >= 15 is 0 Å². The molecule has 8 heteroatoms. The van der Waals surface area contributed by atoms with Gasteiger partial charge >= 0.3 is 5.97 Å². The van der Waals surface area contributed by atoms with Crippen LogP contribution in [0.1, 0.15) is 67.9 Å². The molecule has 37 heavy (non-hydrogen) atoms. The first-order valence-corrected chi connectivity index (χ1v) is 12.8. The van der Waals surface area contributed by atoms with Crippen molar-refractivity contribution >= 4 is 23.2 Å². The van der Waals surface area contributed by atoms with Crippen molar-refractivity contribution in [2.24, 2.45) is 5.92 Å². The lowest BCUT2D eigenvalue weighted by atomic mass is 9.78. The van der Waals surface area contributed by atoms with E-state index in [1.165, 1.54) is 6.92 Å². The summed E-state index contributed by atoms with van der Waals surface area (Å²) in [4.78, 5) is 34.2. The van der Waals surface area contributed by atoms with Crippen molar-refractivity contribution in [2.45, 2.75) is 51.9 Å². The zero-order valence-electron chi connectivity index (χ0n) is 21.2. The number of nitrogens with zero attached hydrogens (tertiary/aromatic N) is 4. The highest BCUT2D eigenvalue weighted by Gasteiger charge is 2.30. The number of hydrogen-bond donors (Lipinski definition) is 1. The number of anilines is 1. The molecule has 1 saturated carbocycles. The number of aromatic nitrogens is 4. The lowest BCUT2D eigenvalue weighted by Gasteiger charge is -2.29. The molecule has 1 fully saturated rings. The van der Waals surface area contributed by atoms with Gasteiger partial charge in [0, 0.05) is 35.2 Å². The minimum absolute atomic E-state index is 0.0889. The van der Waals surface area contributed by atoms with Gasteiger partial charge in [0.25, 0.3) is 0 Å². The third-order valence-electron chi connectivity index (χ3n) is 7.20. The smallest absolute Gasteiger partial charge is 0.306 e. The molecule has 1 aromatic carbocycles. The van der Waals surface area contributed by atoms with Gasteiger partial charge in [-0.2, -0.15) is 9.61 Å². The highest BCUT2D eigenvalue weighted by molar-refractivity contribution is 6.00. The Hall–Kier alpha value is -4.07. The van der Waals surface area contributed by atoms with Gasteiger partial charge in [-0.15, -0.1) is 0 Å². The van der Waals surface area contributed by atoms with E-state index in [1.807, 2.05) is 55.6 Å². The monoisotopic (exact) mass is 497 g/mol. The average Bonchev–Trinajstić information content (AvgIpc) is 3.34. The summed E-state index contributed by atoms with van der Waals surface area (Å²) >= 11 is 0. The van der Waals surface area contributed by atoms with Crippen LogP contribution < -0.4 is 5.73 Å². The first-order chi connectivity index (χ1) is 18.0.